The summed E-state index contributed by atoms with van der Waals surface area (Å²) in [5.41, 5.74) is 1.20. The summed E-state index contributed by atoms with van der Waals surface area (Å²) in [5, 5.41) is 2.78. The minimum absolute atomic E-state index is 0.186. The van der Waals surface area contributed by atoms with E-state index in [0.29, 0.717) is 18.7 Å². The number of nitrogens with zero attached hydrogens (tertiary/aromatic N) is 2. The van der Waals surface area contributed by atoms with E-state index in [9.17, 15) is 18.0 Å². The van der Waals surface area contributed by atoms with Crippen molar-refractivity contribution in [1.82, 2.24) is 15.1 Å². The lowest BCUT2D eigenvalue weighted by atomic mass is 10.1. The molecule has 0 aliphatic carbocycles. The molecule has 0 saturated carbocycles. The second kappa shape index (κ2) is 8.43. The fraction of sp³-hybridized carbons (Fsp3) is 0.350. The first-order valence-corrected chi connectivity index (χ1v) is 8.87. The monoisotopic (exact) mass is 377 g/mol. The molecular formula is C20H22F3N3O. The molecule has 1 aliphatic heterocycles. The summed E-state index contributed by atoms with van der Waals surface area (Å²) in [4.78, 5) is 16.3. The number of hydrogen-bond donors (Lipinski definition) is 1. The fourth-order valence-electron chi connectivity index (χ4n) is 3.05. The Morgan fingerprint density at radius 2 is 1.52 bits per heavy atom. The Morgan fingerprint density at radius 3 is 2.11 bits per heavy atom. The zero-order chi connectivity index (χ0) is 19.3. The molecule has 0 radical (unpaired) electrons. The van der Waals surface area contributed by atoms with Gasteiger partial charge in [-0.15, -0.1) is 0 Å². The van der Waals surface area contributed by atoms with E-state index in [-0.39, 0.29) is 12.6 Å². The molecule has 3 rings (SSSR count). The third kappa shape index (κ3) is 5.47. The van der Waals surface area contributed by atoms with Crippen LogP contribution in [0.4, 0.5) is 18.0 Å². The first-order valence-electron chi connectivity index (χ1n) is 8.87. The van der Waals surface area contributed by atoms with Gasteiger partial charge < -0.3 is 10.2 Å². The van der Waals surface area contributed by atoms with Crippen LogP contribution < -0.4 is 5.32 Å². The average molecular weight is 377 g/mol. The molecule has 2 aromatic carbocycles. The molecule has 1 fully saturated rings. The minimum Gasteiger partial charge on any atom is -0.334 e. The number of carbonyl (C=O) groups is 1. The minimum atomic E-state index is -4.35. The number of benzene rings is 2. The topological polar surface area (TPSA) is 35.6 Å². The van der Waals surface area contributed by atoms with Crippen LogP contribution in [-0.4, -0.2) is 42.0 Å². The van der Waals surface area contributed by atoms with Crippen LogP contribution in [0, 0.1) is 0 Å². The molecule has 144 valence electrons. The number of hydrogen-bond acceptors (Lipinski definition) is 2. The number of alkyl halides is 3. The molecule has 4 nitrogen and oxygen atoms in total. The SMILES string of the molecule is O=C(NCc1ccc(C(F)(F)F)cc1)N1CCN(Cc2ccccc2)CC1. The zero-order valence-corrected chi connectivity index (χ0v) is 14.9. The largest absolute Gasteiger partial charge is 0.416 e. The van der Waals surface area contributed by atoms with Crippen LogP contribution in [0.3, 0.4) is 0 Å². The first kappa shape index (κ1) is 19.2. The highest BCUT2D eigenvalue weighted by atomic mass is 19.4. The van der Waals surface area contributed by atoms with Crippen molar-refractivity contribution in [2.45, 2.75) is 19.3 Å². The third-order valence-electron chi connectivity index (χ3n) is 4.63. The van der Waals surface area contributed by atoms with Crippen LogP contribution in [0.1, 0.15) is 16.7 Å². The summed E-state index contributed by atoms with van der Waals surface area (Å²) in [7, 11) is 0. The van der Waals surface area contributed by atoms with E-state index in [1.165, 1.54) is 17.7 Å². The molecule has 1 saturated heterocycles. The lowest BCUT2D eigenvalue weighted by molar-refractivity contribution is -0.137. The van der Waals surface area contributed by atoms with Gasteiger partial charge in [-0.1, -0.05) is 42.5 Å². The maximum absolute atomic E-state index is 12.6. The van der Waals surface area contributed by atoms with Crippen molar-refractivity contribution in [3.63, 3.8) is 0 Å². The number of carbonyl (C=O) groups excluding carboxylic acids is 1. The quantitative estimate of drug-likeness (QED) is 0.881. The molecule has 2 amide bonds. The molecule has 0 aromatic heterocycles. The molecule has 1 N–H and O–H groups in total. The highest BCUT2D eigenvalue weighted by Gasteiger charge is 2.30. The molecule has 0 spiro atoms. The Labute approximate surface area is 156 Å². The summed E-state index contributed by atoms with van der Waals surface area (Å²) < 4.78 is 37.7. The lowest BCUT2D eigenvalue weighted by Crippen LogP contribution is -2.51. The highest BCUT2D eigenvalue weighted by Crippen LogP contribution is 2.29. The van der Waals surface area contributed by atoms with E-state index in [1.54, 1.807) is 4.90 Å². The van der Waals surface area contributed by atoms with Crippen molar-refractivity contribution in [1.29, 1.82) is 0 Å². The molecular weight excluding hydrogens is 355 g/mol. The normalized spacial score (nSPS) is 15.6. The summed E-state index contributed by atoms with van der Waals surface area (Å²) in [6, 6.07) is 14.8. The van der Waals surface area contributed by atoms with Crippen LogP contribution >= 0.6 is 0 Å². The van der Waals surface area contributed by atoms with Gasteiger partial charge in [-0.25, -0.2) is 4.79 Å². The maximum Gasteiger partial charge on any atom is 0.416 e. The molecule has 7 heteroatoms. The number of rotatable bonds is 4. The summed E-state index contributed by atoms with van der Waals surface area (Å²) in [6.07, 6.45) is -4.35. The summed E-state index contributed by atoms with van der Waals surface area (Å²) in [6.45, 7) is 3.92. The number of nitrogens with one attached hydrogen (secondary N) is 1. The Hall–Kier alpha value is -2.54. The van der Waals surface area contributed by atoms with E-state index in [4.69, 9.17) is 0 Å². The van der Waals surface area contributed by atoms with Crippen molar-refractivity contribution in [3.8, 4) is 0 Å². The Kier molecular flexibility index (Phi) is 6.01. The van der Waals surface area contributed by atoms with E-state index in [0.717, 1.165) is 31.8 Å². The molecule has 2 aromatic rings. The van der Waals surface area contributed by atoms with E-state index < -0.39 is 11.7 Å². The van der Waals surface area contributed by atoms with Crippen molar-refractivity contribution in [2.24, 2.45) is 0 Å². The van der Waals surface area contributed by atoms with Gasteiger partial charge in [0, 0.05) is 39.3 Å². The van der Waals surface area contributed by atoms with E-state index >= 15 is 0 Å². The van der Waals surface area contributed by atoms with Gasteiger partial charge >= 0.3 is 12.2 Å². The van der Waals surface area contributed by atoms with E-state index in [1.807, 2.05) is 18.2 Å². The van der Waals surface area contributed by atoms with Crippen molar-refractivity contribution in [2.75, 3.05) is 26.2 Å². The second-order valence-corrected chi connectivity index (χ2v) is 6.60. The molecule has 1 aliphatic rings. The van der Waals surface area contributed by atoms with Crippen molar-refractivity contribution < 1.29 is 18.0 Å². The Bertz CT molecular complexity index is 739. The predicted octanol–water partition coefficient (Wildman–Crippen LogP) is 3.73. The van der Waals surface area contributed by atoms with Gasteiger partial charge in [0.25, 0.3) is 0 Å². The Balaban J connectivity index is 1.43. The summed E-state index contributed by atoms with van der Waals surface area (Å²) in [5.74, 6) is 0. The number of urea groups is 1. The Morgan fingerprint density at radius 1 is 0.889 bits per heavy atom. The van der Waals surface area contributed by atoms with Gasteiger partial charge in [0.1, 0.15) is 0 Å². The fourth-order valence-corrected chi connectivity index (χ4v) is 3.05. The molecule has 1 heterocycles. The van der Waals surface area contributed by atoms with Gasteiger partial charge in [0.05, 0.1) is 5.56 Å². The maximum atomic E-state index is 12.6. The lowest BCUT2D eigenvalue weighted by Gasteiger charge is -2.34. The smallest absolute Gasteiger partial charge is 0.334 e. The highest BCUT2D eigenvalue weighted by molar-refractivity contribution is 5.74. The summed E-state index contributed by atoms with van der Waals surface area (Å²) >= 11 is 0. The van der Waals surface area contributed by atoms with Gasteiger partial charge in [-0.05, 0) is 23.3 Å². The van der Waals surface area contributed by atoms with Gasteiger partial charge in [-0.3, -0.25) is 4.90 Å². The second-order valence-electron chi connectivity index (χ2n) is 6.60. The van der Waals surface area contributed by atoms with Gasteiger partial charge in [0.15, 0.2) is 0 Å². The van der Waals surface area contributed by atoms with Gasteiger partial charge in [0.2, 0.25) is 0 Å². The zero-order valence-electron chi connectivity index (χ0n) is 14.9. The molecule has 0 atom stereocenters. The van der Waals surface area contributed by atoms with Gasteiger partial charge in [-0.2, -0.15) is 13.2 Å². The molecule has 0 bridgehead atoms. The van der Waals surface area contributed by atoms with Crippen LogP contribution in [0.25, 0.3) is 0 Å². The number of halogens is 3. The van der Waals surface area contributed by atoms with Crippen LogP contribution in [-0.2, 0) is 19.3 Å². The first-order chi connectivity index (χ1) is 12.9. The molecule has 27 heavy (non-hydrogen) atoms. The van der Waals surface area contributed by atoms with Crippen molar-refractivity contribution >= 4 is 6.03 Å². The predicted molar refractivity (Wildman–Crippen MR) is 97.0 cm³/mol. The molecule has 0 unspecified atom stereocenters. The average Bonchev–Trinajstić information content (AvgIpc) is 2.67. The number of amides is 2. The van der Waals surface area contributed by atoms with Crippen LogP contribution in [0.5, 0.6) is 0 Å². The van der Waals surface area contributed by atoms with E-state index in [2.05, 4.69) is 22.3 Å². The standard InChI is InChI=1S/C20H22F3N3O/c21-20(22,23)18-8-6-16(7-9-18)14-24-19(27)26-12-10-25(11-13-26)15-17-4-2-1-3-5-17/h1-9H,10-15H2,(H,24,27). The van der Waals surface area contributed by atoms with Crippen LogP contribution in [0.2, 0.25) is 0 Å². The number of piperazine rings is 1. The third-order valence-corrected chi connectivity index (χ3v) is 4.63. The van der Waals surface area contributed by atoms with Crippen molar-refractivity contribution in [3.05, 3.63) is 71.3 Å². The van der Waals surface area contributed by atoms with Crippen LogP contribution in [0.15, 0.2) is 54.6 Å².